The van der Waals surface area contributed by atoms with Crippen LogP contribution in [0.4, 0.5) is 22.4 Å². The first kappa shape index (κ1) is 20.1. The van der Waals surface area contributed by atoms with Crippen LogP contribution in [-0.2, 0) is 17.5 Å². The molecule has 10 heteroatoms. The van der Waals surface area contributed by atoms with E-state index in [1.54, 1.807) is 24.3 Å². The van der Waals surface area contributed by atoms with Gasteiger partial charge in [-0.2, -0.15) is 18.3 Å². The van der Waals surface area contributed by atoms with Crippen LogP contribution < -0.4 is 0 Å². The van der Waals surface area contributed by atoms with Crippen molar-refractivity contribution in [2.24, 2.45) is 0 Å². The molecule has 0 unspecified atom stereocenters. The minimum absolute atomic E-state index is 0.102. The van der Waals surface area contributed by atoms with Crippen molar-refractivity contribution < 1.29 is 27.2 Å². The number of alkyl halides is 3. The molecule has 2 heterocycles. The molecule has 1 aliphatic heterocycles. The topological polar surface area (TPSA) is 55.2 Å². The molecule has 30 heavy (non-hydrogen) atoms. The zero-order chi connectivity index (χ0) is 21.6. The van der Waals surface area contributed by atoms with Crippen LogP contribution in [0, 0.1) is 5.82 Å². The summed E-state index contributed by atoms with van der Waals surface area (Å²) in [5.41, 5.74) is 0.0830. The van der Waals surface area contributed by atoms with Gasteiger partial charge in [0.05, 0.1) is 28.7 Å². The Bertz CT molecular complexity index is 1220. The summed E-state index contributed by atoms with van der Waals surface area (Å²) in [5, 5.41) is 4.44. The van der Waals surface area contributed by atoms with Gasteiger partial charge in [-0.3, -0.25) is 19.2 Å². The first-order valence-electron chi connectivity index (χ1n) is 8.66. The van der Waals surface area contributed by atoms with Gasteiger partial charge in [-0.25, -0.2) is 4.39 Å². The maximum Gasteiger partial charge on any atom is 0.416 e. The Balaban J connectivity index is 1.66. The van der Waals surface area contributed by atoms with Gasteiger partial charge in [0.15, 0.2) is 0 Å². The molecule has 0 N–H and O–H groups in total. The predicted octanol–water partition coefficient (Wildman–Crippen LogP) is 4.91. The van der Waals surface area contributed by atoms with Crippen molar-refractivity contribution in [1.82, 2.24) is 14.7 Å². The minimum atomic E-state index is -4.68. The number of likely N-dealkylation sites (N-methyl/N-ethyl adjacent to an activating group) is 1. The van der Waals surface area contributed by atoms with E-state index in [2.05, 4.69) is 5.10 Å². The van der Waals surface area contributed by atoms with Crippen LogP contribution in [0.1, 0.15) is 16.7 Å². The number of amides is 2. The monoisotopic (exact) mass is 435 g/mol. The number of benzene rings is 2. The number of aromatic nitrogens is 2. The van der Waals surface area contributed by atoms with E-state index in [4.69, 9.17) is 0 Å². The highest BCUT2D eigenvalue weighted by atomic mass is 32.2. The second-order valence-corrected chi connectivity index (χ2v) is 7.65. The van der Waals surface area contributed by atoms with E-state index in [0.29, 0.717) is 22.5 Å². The van der Waals surface area contributed by atoms with Crippen molar-refractivity contribution in [2.75, 3.05) is 7.05 Å². The van der Waals surface area contributed by atoms with Crippen LogP contribution in [0.25, 0.3) is 17.0 Å². The Hall–Kier alpha value is -3.14. The fraction of sp³-hybridized carbons (Fsp3) is 0.150. The maximum absolute atomic E-state index is 13.3. The molecule has 0 aliphatic carbocycles. The average molecular weight is 435 g/mol. The lowest BCUT2D eigenvalue weighted by molar-refractivity contribution is -0.138. The number of halogens is 4. The standard InChI is InChI=1S/C20H13F4N3O2S/c1-26-18(28)17(30-19(26)29)7-11-2-5-16-13(6-11)9-25-27(16)10-12-3-4-14(21)8-15(12)20(22,23)24/h2-9H,10H2,1H3/b17-7-. The molecule has 2 amide bonds. The smallest absolute Gasteiger partial charge is 0.272 e. The number of hydrogen-bond donors (Lipinski definition) is 0. The van der Waals surface area contributed by atoms with Gasteiger partial charge in [-0.05, 0) is 53.2 Å². The van der Waals surface area contributed by atoms with Crippen LogP contribution >= 0.6 is 11.8 Å². The Kier molecular flexibility index (Phi) is 4.89. The van der Waals surface area contributed by atoms with E-state index >= 15 is 0 Å². The molecule has 0 saturated carbocycles. The quantitative estimate of drug-likeness (QED) is 0.433. The first-order valence-corrected chi connectivity index (χ1v) is 9.48. The van der Waals surface area contributed by atoms with E-state index in [0.717, 1.165) is 28.8 Å². The molecule has 0 bridgehead atoms. The van der Waals surface area contributed by atoms with E-state index < -0.39 is 23.5 Å². The zero-order valence-corrected chi connectivity index (χ0v) is 16.2. The van der Waals surface area contributed by atoms with E-state index in [1.807, 2.05) is 0 Å². The summed E-state index contributed by atoms with van der Waals surface area (Å²) >= 11 is 0.835. The molecule has 3 aromatic rings. The highest BCUT2D eigenvalue weighted by Gasteiger charge is 2.34. The van der Waals surface area contributed by atoms with Gasteiger partial charge in [0.1, 0.15) is 5.82 Å². The van der Waals surface area contributed by atoms with Crippen LogP contribution in [0.5, 0.6) is 0 Å². The van der Waals surface area contributed by atoms with Crippen molar-refractivity contribution in [3.63, 3.8) is 0 Å². The molecule has 154 valence electrons. The number of carbonyl (C=O) groups is 2. The van der Waals surface area contributed by atoms with Crippen molar-refractivity contribution in [2.45, 2.75) is 12.7 Å². The van der Waals surface area contributed by atoms with Gasteiger partial charge < -0.3 is 0 Å². The lowest BCUT2D eigenvalue weighted by Crippen LogP contribution is -2.22. The van der Waals surface area contributed by atoms with Crippen LogP contribution in [0.15, 0.2) is 47.5 Å². The van der Waals surface area contributed by atoms with Gasteiger partial charge in [-0.15, -0.1) is 0 Å². The van der Waals surface area contributed by atoms with Crippen LogP contribution in [-0.4, -0.2) is 32.9 Å². The Morgan fingerprint density at radius 3 is 2.57 bits per heavy atom. The molecule has 1 aromatic heterocycles. The largest absolute Gasteiger partial charge is 0.416 e. The lowest BCUT2D eigenvalue weighted by atomic mass is 10.1. The molecule has 0 radical (unpaired) electrons. The van der Waals surface area contributed by atoms with Gasteiger partial charge in [0.2, 0.25) is 0 Å². The zero-order valence-electron chi connectivity index (χ0n) is 15.4. The molecule has 1 fully saturated rings. The molecule has 2 aromatic carbocycles. The number of thioether (sulfide) groups is 1. The molecule has 4 rings (SSSR count). The lowest BCUT2D eigenvalue weighted by Gasteiger charge is -2.13. The van der Waals surface area contributed by atoms with Gasteiger partial charge in [0.25, 0.3) is 11.1 Å². The van der Waals surface area contributed by atoms with Crippen molar-refractivity contribution in [3.05, 3.63) is 70.0 Å². The summed E-state index contributed by atoms with van der Waals surface area (Å²) < 4.78 is 54.4. The van der Waals surface area contributed by atoms with E-state index in [1.165, 1.54) is 17.9 Å². The summed E-state index contributed by atoms with van der Waals surface area (Å²) in [5.74, 6) is -1.35. The van der Waals surface area contributed by atoms with Gasteiger partial charge in [-0.1, -0.05) is 12.1 Å². The van der Waals surface area contributed by atoms with Crippen molar-refractivity contribution in [3.8, 4) is 0 Å². The molecular formula is C20H13F4N3O2S. The SMILES string of the molecule is CN1C(=O)S/C(=C\c2ccc3c(cnn3Cc3ccc(F)cc3C(F)(F)F)c2)C1=O. The second kappa shape index (κ2) is 7.28. The molecule has 0 atom stereocenters. The highest BCUT2D eigenvalue weighted by Crippen LogP contribution is 2.34. The summed E-state index contributed by atoms with van der Waals surface area (Å²) in [6.45, 7) is -0.188. The molecule has 5 nitrogen and oxygen atoms in total. The third-order valence-corrected chi connectivity index (χ3v) is 5.61. The molecule has 1 aliphatic rings. The summed E-state index contributed by atoms with van der Waals surface area (Å²) in [7, 11) is 1.40. The Morgan fingerprint density at radius 2 is 1.90 bits per heavy atom. The number of imide groups is 1. The average Bonchev–Trinajstić information content (AvgIpc) is 3.18. The van der Waals surface area contributed by atoms with Gasteiger partial charge in [0, 0.05) is 12.4 Å². The van der Waals surface area contributed by atoms with E-state index in [-0.39, 0.29) is 22.3 Å². The summed E-state index contributed by atoms with van der Waals surface area (Å²) in [6, 6.07) is 7.62. The van der Waals surface area contributed by atoms with Gasteiger partial charge >= 0.3 is 6.18 Å². The fourth-order valence-corrected chi connectivity index (χ4v) is 3.96. The van der Waals surface area contributed by atoms with Crippen LogP contribution in [0.3, 0.4) is 0 Å². The Morgan fingerprint density at radius 1 is 1.13 bits per heavy atom. The van der Waals surface area contributed by atoms with Crippen molar-refractivity contribution >= 4 is 39.9 Å². The highest BCUT2D eigenvalue weighted by molar-refractivity contribution is 8.18. The number of carbonyl (C=O) groups excluding carboxylic acids is 2. The van der Waals surface area contributed by atoms with E-state index in [9.17, 15) is 27.2 Å². The first-order chi connectivity index (χ1) is 14.1. The predicted molar refractivity (Wildman–Crippen MR) is 104 cm³/mol. The molecule has 0 spiro atoms. The summed E-state index contributed by atoms with van der Waals surface area (Å²) in [6.07, 6.45) is -1.61. The fourth-order valence-electron chi connectivity index (χ4n) is 3.13. The van der Waals surface area contributed by atoms with Crippen molar-refractivity contribution in [1.29, 1.82) is 0 Å². The number of rotatable bonds is 3. The normalized spacial score (nSPS) is 16.3. The number of nitrogens with zero attached hydrogens (tertiary/aromatic N) is 3. The third-order valence-electron chi connectivity index (χ3n) is 4.65. The Labute approximate surface area is 172 Å². The molecular weight excluding hydrogens is 422 g/mol. The molecule has 1 saturated heterocycles. The minimum Gasteiger partial charge on any atom is -0.272 e. The van der Waals surface area contributed by atoms with Crippen LogP contribution in [0.2, 0.25) is 0 Å². The second-order valence-electron chi connectivity index (χ2n) is 6.66. The number of fused-ring (bicyclic) bond motifs is 1. The summed E-state index contributed by atoms with van der Waals surface area (Å²) in [4.78, 5) is 24.9. The third kappa shape index (κ3) is 3.70. The number of hydrogen-bond acceptors (Lipinski definition) is 4. The maximum atomic E-state index is 13.3.